The van der Waals surface area contributed by atoms with Crippen molar-refractivity contribution in [2.45, 2.75) is 484 Å². The van der Waals surface area contributed by atoms with E-state index < -0.39 is 97.5 Å². The van der Waals surface area contributed by atoms with Crippen molar-refractivity contribution in [3.05, 3.63) is 0 Å². The first kappa shape index (κ1) is 104. The molecular weight excluding hydrogens is 1380 g/mol. The van der Waals surface area contributed by atoms with Gasteiger partial charge in [0.2, 0.25) is 0 Å². The fourth-order valence-electron chi connectivity index (χ4n) is 13.6. The normalized spacial score (nSPS) is 14.1. The van der Waals surface area contributed by atoms with E-state index in [0.717, 1.165) is 102 Å². The van der Waals surface area contributed by atoms with Crippen LogP contribution in [0.3, 0.4) is 0 Å². The number of phosphoric ester groups is 2. The van der Waals surface area contributed by atoms with E-state index in [1.807, 2.05) is 0 Å². The summed E-state index contributed by atoms with van der Waals surface area (Å²) in [5.41, 5.74) is 0. The van der Waals surface area contributed by atoms with Crippen LogP contribution in [0.15, 0.2) is 0 Å². The highest BCUT2D eigenvalue weighted by molar-refractivity contribution is 7.47. The number of hydrogen-bond acceptors (Lipinski definition) is 15. The molecule has 0 saturated carbocycles. The van der Waals surface area contributed by atoms with Gasteiger partial charge in [-0.2, -0.15) is 0 Å². The molecule has 0 aromatic heterocycles. The maximum Gasteiger partial charge on any atom is 0.472 e. The number of aliphatic hydroxyl groups excluding tert-OH is 1. The molecule has 0 bridgehead atoms. The van der Waals surface area contributed by atoms with E-state index in [-0.39, 0.29) is 25.7 Å². The summed E-state index contributed by atoms with van der Waals surface area (Å²) in [7, 11) is -9.93. The molecule has 0 spiro atoms. The predicted molar refractivity (Wildman–Crippen MR) is 437 cm³/mol. The zero-order valence-corrected chi connectivity index (χ0v) is 71.5. The molecule has 0 rings (SSSR count). The van der Waals surface area contributed by atoms with Gasteiger partial charge in [-0.3, -0.25) is 37.3 Å². The maximum atomic E-state index is 13.2. The number of ether oxygens (including phenoxy) is 4. The third-order valence-electron chi connectivity index (χ3n) is 20.8. The number of carbonyl (C=O) groups is 4. The van der Waals surface area contributed by atoms with Gasteiger partial charge in [0.1, 0.15) is 19.3 Å². The minimum Gasteiger partial charge on any atom is -0.462 e. The van der Waals surface area contributed by atoms with Crippen LogP contribution < -0.4 is 0 Å². The maximum absolute atomic E-state index is 13.2. The van der Waals surface area contributed by atoms with E-state index in [4.69, 9.17) is 37.0 Å². The molecule has 6 atom stereocenters. The standard InChI is InChI=1S/C87H170O17P2/c1-7-10-12-14-16-18-20-22-24-26-27-28-29-30-32-34-40-44-48-52-60-65-71-86(91)103-82(75-97-84(89)69-63-57-50-46-42-38-36-35-37-41-45-49-56-62-68-80(6)9-3)77-101-105(93,94)99-73-81(88)74-100-106(95,96)102-78-83(76-98-85(90)70-64-58-54-53-55-61-67-79(4)5)104-87(92)72-66-59-51-47-43-39-33-31-25-23-21-19-17-15-13-11-8-2/h79-83,88H,7-78H2,1-6H3,(H,93,94)(H,95,96)/t80?,81-,82-,83-/m1/s1. The average molecular weight is 1550 g/mol. The van der Waals surface area contributed by atoms with Gasteiger partial charge in [-0.15, -0.1) is 0 Å². The Morgan fingerprint density at radius 3 is 0.717 bits per heavy atom. The molecule has 0 aromatic carbocycles. The number of phosphoric acid groups is 2. The quantitative estimate of drug-likeness (QED) is 0.0222. The molecule has 106 heavy (non-hydrogen) atoms. The molecule has 630 valence electrons. The predicted octanol–water partition coefficient (Wildman–Crippen LogP) is 26.6. The fourth-order valence-corrected chi connectivity index (χ4v) is 15.1. The van der Waals surface area contributed by atoms with Gasteiger partial charge in [0.15, 0.2) is 12.2 Å². The van der Waals surface area contributed by atoms with E-state index in [2.05, 4.69) is 41.5 Å². The molecule has 0 aliphatic heterocycles. The van der Waals surface area contributed by atoms with Crippen LogP contribution in [0, 0.1) is 11.8 Å². The smallest absolute Gasteiger partial charge is 0.462 e. The number of unbranched alkanes of at least 4 members (excludes halogenated alkanes) is 55. The Kier molecular flexibility index (Phi) is 76.9. The van der Waals surface area contributed by atoms with Crippen molar-refractivity contribution in [2.75, 3.05) is 39.6 Å². The molecule has 0 amide bonds. The Hall–Kier alpha value is -1.94. The second kappa shape index (κ2) is 78.3. The van der Waals surface area contributed by atoms with Crippen LogP contribution in [0.5, 0.6) is 0 Å². The van der Waals surface area contributed by atoms with Crippen molar-refractivity contribution < 1.29 is 80.2 Å². The molecule has 0 aromatic rings. The lowest BCUT2D eigenvalue weighted by Gasteiger charge is -2.21. The molecule has 0 fully saturated rings. The molecule has 0 aliphatic rings. The lowest BCUT2D eigenvalue weighted by molar-refractivity contribution is -0.161. The number of carbonyl (C=O) groups excluding carboxylic acids is 4. The zero-order valence-electron chi connectivity index (χ0n) is 69.7. The SMILES string of the molecule is CCCCCCCCCCCCCCCCCCCCCCCCC(=O)O[C@H](COC(=O)CCCCCCCCCCCCCCCCC(C)CC)COP(=O)(O)OC[C@@H](O)COP(=O)(O)OC[C@@H](COC(=O)CCCCCCCCC(C)C)OC(=O)CCCCCCCCCCCCCCCCCCC. The van der Waals surface area contributed by atoms with E-state index in [0.29, 0.717) is 31.6 Å². The number of hydrogen-bond donors (Lipinski definition) is 3. The Morgan fingerprint density at radius 1 is 0.274 bits per heavy atom. The van der Waals surface area contributed by atoms with Gasteiger partial charge in [-0.05, 0) is 37.5 Å². The van der Waals surface area contributed by atoms with Crippen molar-refractivity contribution >= 4 is 39.5 Å². The Morgan fingerprint density at radius 2 is 0.481 bits per heavy atom. The molecule has 17 nitrogen and oxygen atoms in total. The molecule has 0 radical (unpaired) electrons. The largest absolute Gasteiger partial charge is 0.472 e. The van der Waals surface area contributed by atoms with Crippen LogP contribution in [-0.2, 0) is 65.4 Å². The van der Waals surface area contributed by atoms with Gasteiger partial charge >= 0.3 is 39.5 Å². The second-order valence-electron chi connectivity index (χ2n) is 32.0. The van der Waals surface area contributed by atoms with Crippen molar-refractivity contribution in [2.24, 2.45) is 11.8 Å². The van der Waals surface area contributed by atoms with E-state index in [9.17, 15) is 43.2 Å². The summed E-state index contributed by atoms with van der Waals surface area (Å²) < 4.78 is 68.9. The van der Waals surface area contributed by atoms with E-state index in [1.165, 1.54) is 276 Å². The summed E-state index contributed by atoms with van der Waals surface area (Å²) in [5.74, 6) is -0.575. The summed E-state index contributed by atoms with van der Waals surface area (Å²) in [6.45, 7) is 9.65. The Labute approximate surface area is 651 Å². The van der Waals surface area contributed by atoms with Crippen molar-refractivity contribution in [3.63, 3.8) is 0 Å². The average Bonchev–Trinajstić information content (AvgIpc) is 0.901. The van der Waals surface area contributed by atoms with Crippen LogP contribution in [0.2, 0.25) is 0 Å². The number of aliphatic hydroxyl groups is 1. The van der Waals surface area contributed by atoms with Gasteiger partial charge in [0.25, 0.3) is 0 Å². The van der Waals surface area contributed by atoms with Crippen molar-refractivity contribution in [1.29, 1.82) is 0 Å². The first-order valence-corrected chi connectivity index (χ1v) is 48.0. The fraction of sp³-hybridized carbons (Fsp3) is 0.954. The summed E-state index contributed by atoms with van der Waals surface area (Å²) in [6, 6.07) is 0. The molecule has 0 aliphatic carbocycles. The first-order valence-electron chi connectivity index (χ1n) is 45.0. The monoisotopic (exact) mass is 1550 g/mol. The highest BCUT2D eigenvalue weighted by atomic mass is 31.2. The van der Waals surface area contributed by atoms with Crippen LogP contribution >= 0.6 is 15.6 Å². The molecule has 0 heterocycles. The second-order valence-corrected chi connectivity index (χ2v) is 34.9. The number of esters is 4. The molecule has 19 heteroatoms. The Bertz CT molecular complexity index is 2030. The van der Waals surface area contributed by atoms with Crippen LogP contribution in [0.1, 0.15) is 465 Å². The van der Waals surface area contributed by atoms with Gasteiger partial charge in [-0.25, -0.2) is 9.13 Å². The lowest BCUT2D eigenvalue weighted by Crippen LogP contribution is -2.30. The van der Waals surface area contributed by atoms with Crippen LogP contribution in [0.25, 0.3) is 0 Å². The third kappa shape index (κ3) is 78.7. The van der Waals surface area contributed by atoms with Crippen molar-refractivity contribution in [3.8, 4) is 0 Å². The topological polar surface area (TPSA) is 237 Å². The van der Waals surface area contributed by atoms with Gasteiger partial charge in [0, 0.05) is 25.7 Å². The van der Waals surface area contributed by atoms with Crippen LogP contribution in [0.4, 0.5) is 0 Å². The highest BCUT2D eigenvalue weighted by Crippen LogP contribution is 2.45. The first-order chi connectivity index (χ1) is 51.4. The lowest BCUT2D eigenvalue weighted by atomic mass is 9.99. The van der Waals surface area contributed by atoms with E-state index >= 15 is 0 Å². The molecule has 3 N–H and O–H groups in total. The van der Waals surface area contributed by atoms with Gasteiger partial charge < -0.3 is 33.8 Å². The van der Waals surface area contributed by atoms with Crippen LogP contribution in [-0.4, -0.2) is 96.7 Å². The molecule has 0 saturated heterocycles. The number of rotatable bonds is 86. The minimum absolute atomic E-state index is 0.108. The Balaban J connectivity index is 5.20. The highest BCUT2D eigenvalue weighted by Gasteiger charge is 2.30. The minimum atomic E-state index is -4.97. The summed E-state index contributed by atoms with van der Waals surface area (Å²) >= 11 is 0. The zero-order chi connectivity index (χ0) is 77.8. The summed E-state index contributed by atoms with van der Waals surface area (Å²) in [6.07, 6.45) is 71.1. The van der Waals surface area contributed by atoms with Gasteiger partial charge in [-0.1, -0.05) is 414 Å². The summed E-state index contributed by atoms with van der Waals surface area (Å²) in [5, 5.41) is 10.7. The van der Waals surface area contributed by atoms with Gasteiger partial charge in [0.05, 0.1) is 26.4 Å². The summed E-state index contributed by atoms with van der Waals surface area (Å²) in [4.78, 5) is 73.2. The third-order valence-corrected chi connectivity index (χ3v) is 22.7. The van der Waals surface area contributed by atoms with Crippen molar-refractivity contribution in [1.82, 2.24) is 0 Å². The van der Waals surface area contributed by atoms with E-state index in [1.54, 1.807) is 0 Å². The molecular formula is C87H170O17P2. The molecule has 3 unspecified atom stereocenters.